The Balaban J connectivity index is 1.63. The number of nitrogens with two attached hydrogens (primary N) is 1. The highest BCUT2D eigenvalue weighted by molar-refractivity contribution is 7.99. The number of carbonyl (C=O) groups excluding carboxylic acids is 1. The fourth-order valence-electron chi connectivity index (χ4n) is 2.56. The molecule has 1 atom stereocenters. The van der Waals surface area contributed by atoms with Gasteiger partial charge in [0.25, 0.3) is 0 Å². The summed E-state index contributed by atoms with van der Waals surface area (Å²) in [5.41, 5.74) is 7.92. The van der Waals surface area contributed by atoms with Crippen molar-refractivity contribution < 1.29 is 9.32 Å². The van der Waals surface area contributed by atoms with E-state index in [9.17, 15) is 4.79 Å². The van der Waals surface area contributed by atoms with Gasteiger partial charge in [-0.05, 0) is 31.9 Å². The van der Waals surface area contributed by atoms with Gasteiger partial charge in [-0.2, -0.15) is 15.0 Å². The minimum absolute atomic E-state index is 0.127. The van der Waals surface area contributed by atoms with E-state index in [-0.39, 0.29) is 17.1 Å². The van der Waals surface area contributed by atoms with Crippen LogP contribution >= 0.6 is 11.8 Å². The standard InChI is InChI=1S/C19H23N7O2S/c1-4-13-7-5-6-8-14(13)21-19-24-16(23-18(20)25-19)10-29-12(3)17(27)22-15-9-11(2)28-26-15/h5-9,12H,4,10H2,1-3H3,(H,22,26,27)(H3,20,21,23,24,25). The molecule has 0 aliphatic heterocycles. The Bertz CT molecular complexity index is 992. The second-order valence-electron chi connectivity index (χ2n) is 6.33. The molecule has 29 heavy (non-hydrogen) atoms. The van der Waals surface area contributed by atoms with Crippen molar-refractivity contribution in [2.75, 3.05) is 16.4 Å². The first-order valence-corrected chi connectivity index (χ1v) is 10.2. The summed E-state index contributed by atoms with van der Waals surface area (Å²) in [6.45, 7) is 5.64. The van der Waals surface area contributed by atoms with Crippen LogP contribution in [0.4, 0.5) is 23.4 Å². The summed E-state index contributed by atoms with van der Waals surface area (Å²) in [5, 5.41) is 9.33. The minimum atomic E-state index is -0.345. The number of amides is 1. The number of rotatable bonds is 8. The molecule has 9 nitrogen and oxygen atoms in total. The fraction of sp³-hybridized carbons (Fsp3) is 0.316. The summed E-state index contributed by atoms with van der Waals surface area (Å²) in [6.07, 6.45) is 0.879. The number of aryl methyl sites for hydroxylation is 2. The third kappa shape index (κ3) is 5.67. The molecular formula is C19H23N7O2S. The van der Waals surface area contributed by atoms with E-state index < -0.39 is 0 Å². The van der Waals surface area contributed by atoms with Crippen molar-refractivity contribution in [2.24, 2.45) is 0 Å². The molecule has 1 amide bonds. The molecule has 0 saturated heterocycles. The van der Waals surface area contributed by atoms with Crippen LogP contribution in [0.3, 0.4) is 0 Å². The summed E-state index contributed by atoms with van der Waals surface area (Å²) in [4.78, 5) is 25.0. The van der Waals surface area contributed by atoms with Crippen LogP contribution in [0.2, 0.25) is 0 Å². The van der Waals surface area contributed by atoms with Crippen molar-refractivity contribution in [2.45, 2.75) is 38.2 Å². The highest BCUT2D eigenvalue weighted by Crippen LogP contribution is 2.22. The number of hydrogen-bond acceptors (Lipinski definition) is 9. The molecule has 0 spiro atoms. The highest BCUT2D eigenvalue weighted by Gasteiger charge is 2.17. The van der Waals surface area contributed by atoms with Crippen molar-refractivity contribution in [3.05, 3.63) is 47.5 Å². The zero-order chi connectivity index (χ0) is 20.8. The molecule has 0 fully saturated rings. The van der Waals surface area contributed by atoms with Gasteiger partial charge in [0.1, 0.15) is 11.6 Å². The maximum atomic E-state index is 12.3. The molecule has 0 saturated carbocycles. The molecule has 0 aliphatic rings. The second-order valence-corrected chi connectivity index (χ2v) is 7.66. The van der Waals surface area contributed by atoms with Crippen molar-refractivity contribution >= 4 is 41.1 Å². The summed E-state index contributed by atoms with van der Waals surface area (Å²) in [7, 11) is 0. The number of nitrogen functional groups attached to an aromatic ring is 1. The lowest BCUT2D eigenvalue weighted by Gasteiger charge is -2.12. The molecule has 1 aromatic carbocycles. The lowest BCUT2D eigenvalue weighted by Crippen LogP contribution is -2.23. The molecule has 3 aromatic rings. The van der Waals surface area contributed by atoms with Crippen LogP contribution in [0.25, 0.3) is 0 Å². The number of thioether (sulfide) groups is 1. The molecule has 4 N–H and O–H groups in total. The molecule has 2 aromatic heterocycles. The smallest absolute Gasteiger partial charge is 0.238 e. The zero-order valence-electron chi connectivity index (χ0n) is 16.5. The predicted octanol–water partition coefficient (Wildman–Crippen LogP) is 3.32. The zero-order valence-corrected chi connectivity index (χ0v) is 17.3. The van der Waals surface area contributed by atoms with Gasteiger partial charge in [-0.15, -0.1) is 11.8 Å². The Morgan fingerprint density at radius 2 is 2.07 bits per heavy atom. The van der Waals surface area contributed by atoms with E-state index in [0.29, 0.717) is 29.1 Å². The predicted molar refractivity (Wildman–Crippen MR) is 114 cm³/mol. The molecule has 1 unspecified atom stereocenters. The van der Waals surface area contributed by atoms with E-state index in [2.05, 4.69) is 37.7 Å². The third-order valence-corrected chi connectivity index (χ3v) is 5.19. The first-order valence-electron chi connectivity index (χ1n) is 9.15. The van der Waals surface area contributed by atoms with Crippen LogP contribution in [-0.4, -0.2) is 31.3 Å². The van der Waals surface area contributed by atoms with Crippen LogP contribution in [-0.2, 0) is 17.0 Å². The average molecular weight is 414 g/mol. The average Bonchev–Trinajstić information content (AvgIpc) is 3.10. The first-order chi connectivity index (χ1) is 13.9. The lowest BCUT2D eigenvalue weighted by molar-refractivity contribution is -0.115. The monoisotopic (exact) mass is 413 g/mol. The third-order valence-electron chi connectivity index (χ3n) is 4.05. The molecule has 0 bridgehead atoms. The number of hydrogen-bond donors (Lipinski definition) is 3. The lowest BCUT2D eigenvalue weighted by atomic mass is 10.1. The molecule has 3 rings (SSSR count). The topological polar surface area (TPSA) is 132 Å². The highest BCUT2D eigenvalue weighted by atomic mass is 32.2. The van der Waals surface area contributed by atoms with E-state index in [1.54, 1.807) is 19.9 Å². The van der Waals surface area contributed by atoms with Crippen molar-refractivity contribution in [3.63, 3.8) is 0 Å². The molecule has 0 radical (unpaired) electrons. The van der Waals surface area contributed by atoms with Crippen LogP contribution < -0.4 is 16.4 Å². The Morgan fingerprint density at radius 1 is 1.28 bits per heavy atom. The van der Waals surface area contributed by atoms with Gasteiger partial charge in [-0.1, -0.05) is 30.3 Å². The number of para-hydroxylation sites is 1. The maximum Gasteiger partial charge on any atom is 0.238 e. The number of nitrogens with zero attached hydrogens (tertiary/aromatic N) is 4. The largest absolute Gasteiger partial charge is 0.368 e. The quantitative estimate of drug-likeness (QED) is 0.508. The van der Waals surface area contributed by atoms with E-state index in [0.717, 1.165) is 17.7 Å². The summed E-state index contributed by atoms with van der Waals surface area (Å²) in [6, 6.07) is 9.60. The van der Waals surface area contributed by atoms with Gasteiger partial charge in [0.05, 0.1) is 11.0 Å². The maximum absolute atomic E-state index is 12.3. The number of nitrogens with one attached hydrogen (secondary N) is 2. The van der Waals surface area contributed by atoms with Gasteiger partial charge in [0, 0.05) is 11.8 Å². The van der Waals surface area contributed by atoms with E-state index in [1.807, 2.05) is 24.3 Å². The molecular weight excluding hydrogens is 390 g/mol. The second kappa shape index (κ2) is 9.37. The molecule has 2 heterocycles. The van der Waals surface area contributed by atoms with Crippen molar-refractivity contribution in [1.29, 1.82) is 0 Å². The van der Waals surface area contributed by atoms with E-state index in [4.69, 9.17) is 10.3 Å². The van der Waals surface area contributed by atoms with Crippen LogP contribution in [0, 0.1) is 6.92 Å². The summed E-state index contributed by atoms with van der Waals surface area (Å²) < 4.78 is 4.95. The number of benzene rings is 1. The van der Waals surface area contributed by atoms with Gasteiger partial charge >= 0.3 is 0 Å². The van der Waals surface area contributed by atoms with Gasteiger partial charge in [0.2, 0.25) is 17.8 Å². The van der Waals surface area contributed by atoms with Crippen LogP contribution in [0.1, 0.15) is 31.0 Å². The normalized spacial score (nSPS) is 11.8. The Hall–Kier alpha value is -3.14. The summed E-state index contributed by atoms with van der Waals surface area (Å²) >= 11 is 1.39. The van der Waals surface area contributed by atoms with Crippen LogP contribution in [0.15, 0.2) is 34.9 Å². The summed E-state index contributed by atoms with van der Waals surface area (Å²) in [5.74, 6) is 2.25. The van der Waals surface area contributed by atoms with Gasteiger partial charge < -0.3 is 20.9 Å². The number of carbonyl (C=O) groups is 1. The molecule has 0 aliphatic carbocycles. The van der Waals surface area contributed by atoms with Crippen LogP contribution in [0.5, 0.6) is 0 Å². The van der Waals surface area contributed by atoms with Crippen molar-refractivity contribution in [3.8, 4) is 0 Å². The fourth-order valence-corrected chi connectivity index (χ4v) is 3.30. The van der Waals surface area contributed by atoms with Gasteiger partial charge in [-0.3, -0.25) is 4.79 Å². The van der Waals surface area contributed by atoms with E-state index in [1.165, 1.54) is 11.8 Å². The van der Waals surface area contributed by atoms with Crippen molar-refractivity contribution in [1.82, 2.24) is 20.1 Å². The SMILES string of the molecule is CCc1ccccc1Nc1nc(N)nc(CSC(C)C(=O)Nc2cc(C)on2)n1. The molecule has 10 heteroatoms. The van der Waals surface area contributed by atoms with E-state index >= 15 is 0 Å². The van der Waals surface area contributed by atoms with Gasteiger partial charge in [0.15, 0.2) is 5.82 Å². The van der Waals surface area contributed by atoms with Gasteiger partial charge in [-0.25, -0.2) is 0 Å². The molecule has 152 valence electrons. The Morgan fingerprint density at radius 3 is 2.79 bits per heavy atom. The first kappa shape index (κ1) is 20.6. The number of anilines is 4. The Labute approximate surface area is 172 Å². The Kier molecular flexibility index (Phi) is 6.65. The minimum Gasteiger partial charge on any atom is -0.368 e. The number of aromatic nitrogens is 4.